The molecule has 98 valence electrons. The summed E-state index contributed by atoms with van der Waals surface area (Å²) in [5.41, 5.74) is 5.58. The first-order chi connectivity index (χ1) is 8.26. The molecule has 2 rings (SSSR count). The van der Waals surface area contributed by atoms with Gasteiger partial charge in [-0.25, -0.2) is 9.78 Å². The number of hydrogen-bond donors (Lipinski definition) is 2. The zero-order chi connectivity index (χ0) is 13.5. The van der Waals surface area contributed by atoms with Crippen LogP contribution in [0.2, 0.25) is 0 Å². The Morgan fingerprint density at radius 3 is 2.72 bits per heavy atom. The lowest BCUT2D eigenvalue weighted by molar-refractivity contribution is 0.0240. The van der Waals surface area contributed by atoms with Crippen molar-refractivity contribution in [3.63, 3.8) is 0 Å². The van der Waals surface area contributed by atoms with Gasteiger partial charge in [0, 0.05) is 0 Å². The van der Waals surface area contributed by atoms with Crippen molar-refractivity contribution >= 4 is 12.0 Å². The molecule has 0 atom stereocenters. The molecule has 1 aromatic heterocycles. The summed E-state index contributed by atoms with van der Waals surface area (Å²) in [6, 6.07) is 0. The fourth-order valence-corrected chi connectivity index (χ4v) is 1.74. The van der Waals surface area contributed by atoms with E-state index in [1.54, 1.807) is 20.8 Å². The van der Waals surface area contributed by atoms with Crippen molar-refractivity contribution < 1.29 is 9.53 Å². The van der Waals surface area contributed by atoms with Crippen LogP contribution in [-0.4, -0.2) is 26.6 Å². The zero-order valence-electron chi connectivity index (χ0n) is 10.6. The summed E-state index contributed by atoms with van der Waals surface area (Å²) < 4.78 is 5.24. The third-order valence-electron chi connectivity index (χ3n) is 2.46. The van der Waals surface area contributed by atoms with Crippen LogP contribution in [0.25, 0.3) is 0 Å². The summed E-state index contributed by atoms with van der Waals surface area (Å²) in [5, 5.41) is 0. The van der Waals surface area contributed by atoms with Gasteiger partial charge in [0.2, 0.25) is 5.95 Å². The SMILES string of the molecule is CC(C)(C)OC(=O)N1Cc2nc(N)[nH]c(=O)c2C1. The molecule has 0 radical (unpaired) electrons. The molecule has 0 bridgehead atoms. The van der Waals surface area contributed by atoms with Gasteiger partial charge in [-0.3, -0.25) is 14.7 Å². The van der Waals surface area contributed by atoms with Gasteiger partial charge in [0.25, 0.3) is 5.56 Å². The first-order valence-corrected chi connectivity index (χ1v) is 5.62. The fraction of sp³-hybridized carbons (Fsp3) is 0.545. The van der Waals surface area contributed by atoms with Crippen molar-refractivity contribution in [2.24, 2.45) is 0 Å². The molecule has 0 saturated carbocycles. The van der Waals surface area contributed by atoms with E-state index in [2.05, 4.69) is 9.97 Å². The third kappa shape index (κ3) is 2.44. The first-order valence-electron chi connectivity index (χ1n) is 5.62. The summed E-state index contributed by atoms with van der Waals surface area (Å²) >= 11 is 0. The Kier molecular flexibility index (Phi) is 2.76. The summed E-state index contributed by atoms with van der Waals surface area (Å²) in [5.74, 6) is 0.0600. The number of aromatic amines is 1. The van der Waals surface area contributed by atoms with Gasteiger partial charge in [-0.2, -0.15) is 0 Å². The van der Waals surface area contributed by atoms with Crippen LogP contribution in [0.3, 0.4) is 0 Å². The van der Waals surface area contributed by atoms with E-state index in [0.29, 0.717) is 11.3 Å². The molecule has 0 aliphatic carbocycles. The van der Waals surface area contributed by atoms with E-state index in [1.165, 1.54) is 4.90 Å². The summed E-state index contributed by atoms with van der Waals surface area (Å²) in [7, 11) is 0. The highest BCUT2D eigenvalue weighted by molar-refractivity contribution is 5.69. The third-order valence-corrected chi connectivity index (χ3v) is 2.46. The van der Waals surface area contributed by atoms with Crippen LogP contribution in [-0.2, 0) is 17.8 Å². The number of aromatic nitrogens is 2. The molecule has 0 fully saturated rings. The number of amides is 1. The molecule has 3 N–H and O–H groups in total. The minimum absolute atomic E-state index is 0.0600. The molecule has 1 aromatic rings. The van der Waals surface area contributed by atoms with Gasteiger partial charge in [-0.05, 0) is 20.8 Å². The van der Waals surface area contributed by atoms with Crippen molar-refractivity contribution in [3.8, 4) is 0 Å². The van der Waals surface area contributed by atoms with Crippen molar-refractivity contribution in [2.45, 2.75) is 39.5 Å². The zero-order valence-corrected chi connectivity index (χ0v) is 10.6. The minimum atomic E-state index is -0.565. The minimum Gasteiger partial charge on any atom is -0.444 e. The molecule has 0 spiro atoms. The Morgan fingerprint density at radius 1 is 1.44 bits per heavy atom. The Bertz CT molecular complexity index is 544. The van der Waals surface area contributed by atoms with Gasteiger partial charge in [0.1, 0.15) is 5.60 Å². The monoisotopic (exact) mass is 252 g/mol. The summed E-state index contributed by atoms with van der Waals surface area (Å²) in [6.45, 7) is 5.82. The lowest BCUT2D eigenvalue weighted by atomic mass is 10.2. The Labute approximate surface area is 104 Å². The highest BCUT2D eigenvalue weighted by Gasteiger charge is 2.30. The summed E-state index contributed by atoms with van der Waals surface area (Å²) in [6.07, 6.45) is -0.460. The topological polar surface area (TPSA) is 101 Å². The second-order valence-corrected chi connectivity index (χ2v) is 5.21. The number of nitrogen functional groups attached to an aromatic ring is 1. The number of nitrogens with zero attached hydrogens (tertiary/aromatic N) is 2. The van der Waals surface area contributed by atoms with Crippen LogP contribution in [0.1, 0.15) is 32.0 Å². The second kappa shape index (κ2) is 4.01. The number of hydrogen-bond acceptors (Lipinski definition) is 5. The Balaban J connectivity index is 2.18. The van der Waals surface area contributed by atoms with Crippen molar-refractivity contribution in [1.82, 2.24) is 14.9 Å². The number of rotatable bonds is 0. The predicted octanol–water partition coefficient (Wildman–Crippen LogP) is 0.603. The average Bonchev–Trinajstić information content (AvgIpc) is 2.58. The quantitative estimate of drug-likeness (QED) is 0.704. The van der Waals surface area contributed by atoms with Crippen molar-refractivity contribution in [2.75, 3.05) is 5.73 Å². The number of carbonyl (C=O) groups is 1. The molecule has 1 amide bonds. The van der Waals surface area contributed by atoms with Crippen LogP contribution in [0.5, 0.6) is 0 Å². The highest BCUT2D eigenvalue weighted by Crippen LogP contribution is 2.20. The van der Waals surface area contributed by atoms with Gasteiger partial charge in [-0.15, -0.1) is 0 Å². The maximum atomic E-state index is 11.9. The standard InChI is InChI=1S/C11H16N4O3/c1-11(2,3)18-10(17)15-4-6-7(5-15)13-9(12)14-8(6)16/h4-5H2,1-3H3,(H3,12,13,14,16). The van der Waals surface area contributed by atoms with E-state index in [9.17, 15) is 9.59 Å². The molecule has 0 saturated heterocycles. The number of anilines is 1. The Hall–Kier alpha value is -2.05. The summed E-state index contributed by atoms with van der Waals surface area (Å²) in [4.78, 5) is 31.3. The van der Waals surface area contributed by atoms with Crippen LogP contribution >= 0.6 is 0 Å². The predicted molar refractivity (Wildman–Crippen MR) is 64.8 cm³/mol. The van der Waals surface area contributed by atoms with Gasteiger partial charge in [0.15, 0.2) is 0 Å². The smallest absolute Gasteiger partial charge is 0.410 e. The second-order valence-electron chi connectivity index (χ2n) is 5.21. The van der Waals surface area contributed by atoms with E-state index in [-0.39, 0.29) is 24.6 Å². The molecular weight excluding hydrogens is 236 g/mol. The molecule has 0 unspecified atom stereocenters. The number of nitrogens with one attached hydrogen (secondary N) is 1. The van der Waals surface area contributed by atoms with E-state index < -0.39 is 11.7 Å². The van der Waals surface area contributed by atoms with Crippen LogP contribution in [0, 0.1) is 0 Å². The molecule has 0 aromatic carbocycles. The van der Waals surface area contributed by atoms with Crippen LogP contribution < -0.4 is 11.3 Å². The largest absolute Gasteiger partial charge is 0.444 e. The number of ether oxygens (including phenoxy) is 1. The number of carbonyl (C=O) groups excluding carboxylic acids is 1. The van der Waals surface area contributed by atoms with Gasteiger partial charge >= 0.3 is 6.09 Å². The van der Waals surface area contributed by atoms with E-state index in [4.69, 9.17) is 10.5 Å². The van der Waals surface area contributed by atoms with Crippen LogP contribution in [0.15, 0.2) is 4.79 Å². The lowest BCUT2D eigenvalue weighted by Crippen LogP contribution is -2.33. The molecule has 7 heteroatoms. The maximum Gasteiger partial charge on any atom is 0.410 e. The first kappa shape index (κ1) is 12.4. The van der Waals surface area contributed by atoms with Crippen molar-refractivity contribution in [3.05, 3.63) is 21.6 Å². The van der Waals surface area contributed by atoms with Gasteiger partial charge in [0.05, 0.1) is 24.3 Å². The molecule has 18 heavy (non-hydrogen) atoms. The number of H-pyrrole nitrogens is 1. The maximum absolute atomic E-state index is 11.9. The molecule has 1 aliphatic rings. The van der Waals surface area contributed by atoms with E-state index in [0.717, 1.165) is 0 Å². The molecule has 2 heterocycles. The molecule has 1 aliphatic heterocycles. The fourth-order valence-electron chi connectivity index (χ4n) is 1.74. The van der Waals surface area contributed by atoms with Crippen LogP contribution in [0.4, 0.5) is 10.7 Å². The van der Waals surface area contributed by atoms with Gasteiger partial charge < -0.3 is 10.5 Å². The van der Waals surface area contributed by atoms with E-state index >= 15 is 0 Å². The highest BCUT2D eigenvalue weighted by atomic mass is 16.6. The lowest BCUT2D eigenvalue weighted by Gasteiger charge is -2.23. The molecular formula is C11H16N4O3. The van der Waals surface area contributed by atoms with Crippen molar-refractivity contribution in [1.29, 1.82) is 0 Å². The average molecular weight is 252 g/mol. The molecule has 7 nitrogen and oxygen atoms in total. The Morgan fingerprint density at radius 2 is 2.11 bits per heavy atom. The number of fused-ring (bicyclic) bond motifs is 1. The van der Waals surface area contributed by atoms with Gasteiger partial charge in [-0.1, -0.05) is 0 Å². The number of nitrogens with two attached hydrogens (primary N) is 1. The van der Waals surface area contributed by atoms with E-state index in [1.807, 2.05) is 0 Å². The normalized spacial score (nSPS) is 14.5.